The average Bonchev–Trinajstić information content (AvgIpc) is 2.41. The van der Waals surface area contributed by atoms with Crippen LogP contribution in [0.1, 0.15) is 0 Å². The van der Waals surface area contributed by atoms with Crippen molar-refractivity contribution in [2.75, 3.05) is 11.1 Å². The molecule has 0 unspecified atom stereocenters. The first kappa shape index (κ1) is 14.2. The Labute approximate surface area is 129 Å². The van der Waals surface area contributed by atoms with E-state index < -0.39 is 0 Å². The van der Waals surface area contributed by atoms with Crippen molar-refractivity contribution >= 4 is 45.9 Å². The van der Waals surface area contributed by atoms with Crippen LogP contribution in [0, 0.1) is 3.57 Å². The lowest BCUT2D eigenvalue weighted by Gasteiger charge is -2.07. The van der Waals surface area contributed by atoms with Crippen molar-refractivity contribution < 1.29 is 9.90 Å². The third-order valence-electron chi connectivity index (χ3n) is 2.35. The summed E-state index contributed by atoms with van der Waals surface area (Å²) in [6.07, 6.45) is 0. The SMILES string of the molecule is O=C(CSc1ccc(O)cc1)Nc1ccccc1I. The van der Waals surface area contributed by atoms with Crippen LogP contribution in [0.3, 0.4) is 0 Å². The highest BCUT2D eigenvalue weighted by Crippen LogP contribution is 2.22. The van der Waals surface area contributed by atoms with Crippen LogP contribution in [0.5, 0.6) is 5.75 Å². The van der Waals surface area contributed by atoms with Crippen LogP contribution in [0.15, 0.2) is 53.4 Å². The molecule has 19 heavy (non-hydrogen) atoms. The van der Waals surface area contributed by atoms with E-state index in [4.69, 9.17) is 0 Å². The fourth-order valence-electron chi connectivity index (χ4n) is 1.44. The number of benzene rings is 2. The predicted molar refractivity (Wildman–Crippen MR) is 86.6 cm³/mol. The molecule has 0 heterocycles. The van der Waals surface area contributed by atoms with Crippen molar-refractivity contribution in [1.82, 2.24) is 0 Å². The number of carbonyl (C=O) groups excluding carboxylic acids is 1. The second-order valence-electron chi connectivity index (χ2n) is 3.81. The Kier molecular flexibility index (Phi) is 5.09. The van der Waals surface area contributed by atoms with Gasteiger partial charge in [-0.15, -0.1) is 11.8 Å². The molecule has 0 aromatic heterocycles. The molecule has 0 atom stereocenters. The first-order valence-corrected chi connectivity index (χ1v) is 7.68. The molecule has 3 nitrogen and oxygen atoms in total. The summed E-state index contributed by atoms with van der Waals surface area (Å²) in [4.78, 5) is 12.8. The van der Waals surface area contributed by atoms with Gasteiger partial charge in [-0.05, 0) is 59.0 Å². The maximum Gasteiger partial charge on any atom is 0.234 e. The standard InChI is InChI=1S/C14H12INO2S/c15-12-3-1-2-4-13(12)16-14(18)9-19-11-7-5-10(17)6-8-11/h1-8,17H,9H2,(H,16,18). The number of aromatic hydroxyl groups is 1. The van der Waals surface area contributed by atoms with Crippen LogP contribution >= 0.6 is 34.4 Å². The molecule has 0 saturated carbocycles. The normalized spacial score (nSPS) is 10.2. The minimum Gasteiger partial charge on any atom is -0.508 e. The summed E-state index contributed by atoms with van der Waals surface area (Å²) in [6.45, 7) is 0. The van der Waals surface area contributed by atoms with Crippen LogP contribution in [-0.2, 0) is 4.79 Å². The lowest BCUT2D eigenvalue weighted by molar-refractivity contribution is -0.113. The van der Waals surface area contributed by atoms with Crippen LogP contribution in [0.25, 0.3) is 0 Å². The van der Waals surface area contributed by atoms with E-state index in [1.54, 1.807) is 24.3 Å². The minimum atomic E-state index is -0.0396. The van der Waals surface area contributed by atoms with Gasteiger partial charge < -0.3 is 10.4 Å². The van der Waals surface area contributed by atoms with Crippen LogP contribution in [0.2, 0.25) is 0 Å². The Bertz CT molecular complexity index is 572. The van der Waals surface area contributed by atoms with Crippen LogP contribution in [0.4, 0.5) is 5.69 Å². The topological polar surface area (TPSA) is 49.3 Å². The number of thioether (sulfide) groups is 1. The van der Waals surface area contributed by atoms with Gasteiger partial charge in [-0.3, -0.25) is 4.79 Å². The highest BCUT2D eigenvalue weighted by Gasteiger charge is 2.05. The van der Waals surface area contributed by atoms with Gasteiger partial charge in [-0.2, -0.15) is 0 Å². The number of rotatable bonds is 4. The maximum absolute atomic E-state index is 11.8. The quantitative estimate of drug-likeness (QED) is 0.623. The van der Waals surface area contributed by atoms with Gasteiger partial charge in [0.2, 0.25) is 5.91 Å². The van der Waals surface area contributed by atoms with Crippen molar-refractivity contribution in [3.63, 3.8) is 0 Å². The highest BCUT2D eigenvalue weighted by molar-refractivity contribution is 14.1. The van der Waals surface area contributed by atoms with Gasteiger partial charge in [0.25, 0.3) is 0 Å². The Morgan fingerprint density at radius 3 is 2.53 bits per heavy atom. The zero-order chi connectivity index (χ0) is 13.7. The molecule has 0 fully saturated rings. The number of phenolic OH excluding ortho intramolecular Hbond substituents is 1. The number of carbonyl (C=O) groups is 1. The Morgan fingerprint density at radius 1 is 1.16 bits per heavy atom. The molecular formula is C14H12INO2S. The number of para-hydroxylation sites is 1. The molecule has 0 aliphatic carbocycles. The third kappa shape index (κ3) is 4.43. The minimum absolute atomic E-state index is 0.0396. The van der Waals surface area contributed by atoms with E-state index in [1.807, 2.05) is 24.3 Å². The van der Waals surface area contributed by atoms with Crippen molar-refractivity contribution in [3.05, 3.63) is 52.1 Å². The van der Waals surface area contributed by atoms with Gasteiger partial charge in [0.1, 0.15) is 5.75 Å². The third-order valence-corrected chi connectivity index (χ3v) is 4.31. The number of anilines is 1. The van der Waals surface area contributed by atoms with E-state index in [1.165, 1.54) is 11.8 Å². The molecule has 0 aliphatic rings. The van der Waals surface area contributed by atoms with Crippen molar-refractivity contribution in [2.45, 2.75) is 4.90 Å². The number of hydrogen-bond donors (Lipinski definition) is 2. The molecule has 2 rings (SSSR count). The summed E-state index contributed by atoms with van der Waals surface area (Å²) in [5.74, 6) is 0.533. The summed E-state index contributed by atoms with van der Waals surface area (Å²) in [5.41, 5.74) is 0.833. The molecular weight excluding hydrogens is 373 g/mol. The highest BCUT2D eigenvalue weighted by atomic mass is 127. The first-order chi connectivity index (χ1) is 9.15. The van der Waals surface area contributed by atoms with E-state index in [2.05, 4.69) is 27.9 Å². The molecule has 0 bridgehead atoms. The lowest BCUT2D eigenvalue weighted by Crippen LogP contribution is -2.14. The smallest absolute Gasteiger partial charge is 0.234 e. The van der Waals surface area contributed by atoms with E-state index in [0.717, 1.165) is 14.2 Å². The second kappa shape index (κ2) is 6.81. The van der Waals surface area contributed by atoms with E-state index >= 15 is 0 Å². The Balaban J connectivity index is 1.88. The van der Waals surface area contributed by atoms with E-state index in [9.17, 15) is 9.90 Å². The van der Waals surface area contributed by atoms with Gasteiger partial charge in [0, 0.05) is 8.47 Å². The fraction of sp³-hybridized carbons (Fsp3) is 0.0714. The zero-order valence-corrected chi connectivity index (χ0v) is 12.9. The van der Waals surface area contributed by atoms with Gasteiger partial charge >= 0.3 is 0 Å². The number of nitrogens with one attached hydrogen (secondary N) is 1. The summed E-state index contributed by atoms with van der Waals surface area (Å²) in [5, 5.41) is 12.0. The largest absolute Gasteiger partial charge is 0.508 e. The van der Waals surface area contributed by atoms with Crippen LogP contribution < -0.4 is 5.32 Å². The monoisotopic (exact) mass is 385 g/mol. The molecule has 2 aromatic carbocycles. The summed E-state index contributed by atoms with van der Waals surface area (Å²) >= 11 is 3.62. The number of phenols is 1. The van der Waals surface area contributed by atoms with Crippen molar-refractivity contribution in [2.24, 2.45) is 0 Å². The van der Waals surface area contributed by atoms with Gasteiger partial charge in [-0.25, -0.2) is 0 Å². The maximum atomic E-state index is 11.8. The summed E-state index contributed by atoms with van der Waals surface area (Å²) < 4.78 is 1.02. The molecule has 0 radical (unpaired) electrons. The van der Waals surface area contributed by atoms with E-state index in [0.29, 0.717) is 5.75 Å². The second-order valence-corrected chi connectivity index (χ2v) is 6.02. The first-order valence-electron chi connectivity index (χ1n) is 5.61. The van der Waals surface area contributed by atoms with Gasteiger partial charge in [0.15, 0.2) is 0 Å². The molecule has 0 spiro atoms. The predicted octanol–water partition coefficient (Wildman–Crippen LogP) is 3.73. The van der Waals surface area contributed by atoms with E-state index in [-0.39, 0.29) is 11.7 Å². The molecule has 2 aromatic rings. The molecule has 98 valence electrons. The zero-order valence-electron chi connectivity index (χ0n) is 9.97. The summed E-state index contributed by atoms with van der Waals surface area (Å²) in [7, 11) is 0. The average molecular weight is 385 g/mol. The Morgan fingerprint density at radius 2 is 1.84 bits per heavy atom. The van der Waals surface area contributed by atoms with Crippen LogP contribution in [-0.4, -0.2) is 16.8 Å². The molecule has 2 N–H and O–H groups in total. The number of hydrogen-bond acceptors (Lipinski definition) is 3. The lowest BCUT2D eigenvalue weighted by atomic mass is 10.3. The van der Waals surface area contributed by atoms with Gasteiger partial charge in [-0.1, -0.05) is 12.1 Å². The van der Waals surface area contributed by atoms with Crippen molar-refractivity contribution in [3.8, 4) is 5.75 Å². The number of amides is 1. The molecule has 5 heteroatoms. The van der Waals surface area contributed by atoms with Crippen molar-refractivity contribution in [1.29, 1.82) is 0 Å². The molecule has 0 saturated heterocycles. The summed E-state index contributed by atoms with van der Waals surface area (Å²) in [6, 6.07) is 14.5. The fourth-order valence-corrected chi connectivity index (χ4v) is 2.66. The molecule has 1 amide bonds. The Hall–Kier alpha value is -1.21. The molecule has 0 aliphatic heterocycles. The number of halogens is 1. The van der Waals surface area contributed by atoms with Gasteiger partial charge in [0.05, 0.1) is 11.4 Å².